The van der Waals surface area contributed by atoms with Crippen molar-refractivity contribution in [2.24, 2.45) is 0 Å². The fraction of sp³-hybridized carbons (Fsp3) is 0.389. The summed E-state index contributed by atoms with van der Waals surface area (Å²) in [5.41, 5.74) is 0.615. The van der Waals surface area contributed by atoms with Gasteiger partial charge in [0.2, 0.25) is 0 Å². The SMILES string of the molecule is COc1ccc(Br)c(C(=O)N(Cc2cccs2)CC2CCCO2)c1. The number of nitrogens with zero attached hydrogens (tertiary/aromatic N) is 1. The molecule has 2 heterocycles. The summed E-state index contributed by atoms with van der Waals surface area (Å²) in [5.74, 6) is 0.666. The maximum Gasteiger partial charge on any atom is 0.255 e. The van der Waals surface area contributed by atoms with Crippen molar-refractivity contribution < 1.29 is 14.3 Å². The van der Waals surface area contributed by atoms with Crippen molar-refractivity contribution in [2.75, 3.05) is 20.3 Å². The fourth-order valence-corrected chi connectivity index (χ4v) is 3.95. The molecule has 1 aliphatic heterocycles. The van der Waals surface area contributed by atoms with Crippen LogP contribution < -0.4 is 4.74 Å². The Kier molecular flexibility index (Phi) is 5.92. The summed E-state index contributed by atoms with van der Waals surface area (Å²) in [6.07, 6.45) is 2.19. The van der Waals surface area contributed by atoms with Gasteiger partial charge in [0.15, 0.2) is 0 Å². The van der Waals surface area contributed by atoms with Crippen molar-refractivity contribution >= 4 is 33.2 Å². The fourth-order valence-electron chi connectivity index (χ4n) is 2.81. The number of hydrogen-bond acceptors (Lipinski definition) is 4. The second kappa shape index (κ2) is 8.14. The van der Waals surface area contributed by atoms with E-state index in [0.717, 1.165) is 23.9 Å². The molecule has 3 rings (SSSR count). The minimum absolute atomic E-state index is 0.00956. The number of carbonyl (C=O) groups excluding carboxylic acids is 1. The molecule has 1 aromatic heterocycles. The summed E-state index contributed by atoms with van der Waals surface area (Å²) in [6, 6.07) is 9.53. The molecule has 1 saturated heterocycles. The maximum absolute atomic E-state index is 13.1. The molecular weight excluding hydrogens is 390 g/mol. The van der Waals surface area contributed by atoms with Crippen LogP contribution >= 0.6 is 27.3 Å². The molecule has 4 nitrogen and oxygen atoms in total. The van der Waals surface area contributed by atoms with Crippen LogP contribution in [0.5, 0.6) is 5.75 Å². The number of carbonyl (C=O) groups is 1. The molecule has 1 aliphatic rings. The van der Waals surface area contributed by atoms with Crippen LogP contribution in [-0.2, 0) is 11.3 Å². The average Bonchev–Trinajstić information content (AvgIpc) is 3.28. The molecule has 1 unspecified atom stereocenters. The zero-order valence-corrected chi connectivity index (χ0v) is 15.9. The monoisotopic (exact) mass is 409 g/mol. The van der Waals surface area contributed by atoms with Crippen molar-refractivity contribution in [3.05, 3.63) is 50.6 Å². The first-order valence-corrected chi connectivity index (χ1v) is 9.61. The molecule has 6 heteroatoms. The highest BCUT2D eigenvalue weighted by Gasteiger charge is 2.25. The molecule has 0 bridgehead atoms. The van der Waals surface area contributed by atoms with E-state index in [1.165, 1.54) is 4.88 Å². The van der Waals surface area contributed by atoms with E-state index >= 15 is 0 Å². The minimum atomic E-state index is -0.00956. The lowest BCUT2D eigenvalue weighted by atomic mass is 10.1. The first-order valence-electron chi connectivity index (χ1n) is 7.94. The number of methoxy groups -OCH3 is 1. The van der Waals surface area contributed by atoms with E-state index in [4.69, 9.17) is 9.47 Å². The first-order chi connectivity index (χ1) is 11.7. The number of benzene rings is 1. The number of ether oxygens (including phenoxy) is 2. The van der Waals surface area contributed by atoms with Gasteiger partial charge in [-0.15, -0.1) is 11.3 Å². The second-order valence-corrected chi connectivity index (χ2v) is 7.63. The van der Waals surface area contributed by atoms with Crippen LogP contribution in [0.25, 0.3) is 0 Å². The van der Waals surface area contributed by atoms with Crippen LogP contribution in [0.1, 0.15) is 28.1 Å². The largest absolute Gasteiger partial charge is 0.497 e. The lowest BCUT2D eigenvalue weighted by Gasteiger charge is -2.25. The van der Waals surface area contributed by atoms with Crippen LogP contribution in [-0.4, -0.2) is 37.2 Å². The van der Waals surface area contributed by atoms with Crippen LogP contribution in [0.4, 0.5) is 0 Å². The van der Waals surface area contributed by atoms with E-state index in [1.54, 1.807) is 24.5 Å². The third-order valence-electron chi connectivity index (χ3n) is 4.07. The molecule has 1 aromatic carbocycles. The molecule has 0 N–H and O–H groups in total. The van der Waals surface area contributed by atoms with E-state index in [-0.39, 0.29) is 12.0 Å². The van der Waals surface area contributed by atoms with Crippen molar-refractivity contribution in [1.29, 1.82) is 0 Å². The summed E-state index contributed by atoms with van der Waals surface area (Å²) in [5, 5.41) is 2.03. The Labute approximate surface area is 154 Å². The Morgan fingerprint density at radius 3 is 3.00 bits per heavy atom. The van der Waals surface area contributed by atoms with Crippen LogP contribution in [0.3, 0.4) is 0 Å². The van der Waals surface area contributed by atoms with Crippen LogP contribution in [0.15, 0.2) is 40.2 Å². The molecule has 0 saturated carbocycles. The second-order valence-electron chi connectivity index (χ2n) is 5.75. The molecule has 1 amide bonds. The van der Waals surface area contributed by atoms with Gasteiger partial charge in [-0.3, -0.25) is 4.79 Å². The molecule has 128 valence electrons. The molecule has 0 radical (unpaired) electrons. The summed E-state index contributed by atoms with van der Waals surface area (Å²) in [7, 11) is 1.60. The van der Waals surface area contributed by atoms with Crippen molar-refractivity contribution in [2.45, 2.75) is 25.5 Å². The smallest absolute Gasteiger partial charge is 0.255 e. The van der Waals surface area contributed by atoms with Gasteiger partial charge in [-0.1, -0.05) is 6.07 Å². The number of amides is 1. The van der Waals surface area contributed by atoms with Crippen LogP contribution in [0.2, 0.25) is 0 Å². The number of hydrogen-bond donors (Lipinski definition) is 0. The molecular formula is C18H20BrNO3S. The zero-order valence-electron chi connectivity index (χ0n) is 13.5. The highest BCUT2D eigenvalue weighted by atomic mass is 79.9. The Bertz CT molecular complexity index is 684. The summed E-state index contributed by atoms with van der Waals surface area (Å²) >= 11 is 5.15. The van der Waals surface area contributed by atoms with E-state index in [9.17, 15) is 4.79 Å². The highest BCUT2D eigenvalue weighted by molar-refractivity contribution is 9.10. The number of halogens is 1. The Morgan fingerprint density at radius 2 is 2.33 bits per heavy atom. The minimum Gasteiger partial charge on any atom is -0.497 e. The summed E-state index contributed by atoms with van der Waals surface area (Å²) in [4.78, 5) is 16.2. The number of thiophene rings is 1. The molecule has 1 atom stereocenters. The normalized spacial score (nSPS) is 17.0. The summed E-state index contributed by atoms with van der Waals surface area (Å²) < 4.78 is 11.8. The highest BCUT2D eigenvalue weighted by Crippen LogP contribution is 2.26. The lowest BCUT2D eigenvalue weighted by molar-refractivity contribution is 0.0508. The van der Waals surface area contributed by atoms with Gasteiger partial charge in [0, 0.05) is 22.5 Å². The third kappa shape index (κ3) is 4.18. The lowest BCUT2D eigenvalue weighted by Crippen LogP contribution is -2.37. The summed E-state index contributed by atoms with van der Waals surface area (Å²) in [6.45, 7) is 1.99. The molecule has 2 aromatic rings. The molecule has 1 fully saturated rings. The Balaban J connectivity index is 1.84. The Hall–Kier alpha value is -1.37. The molecule has 0 aliphatic carbocycles. The third-order valence-corrected chi connectivity index (χ3v) is 5.62. The van der Waals surface area contributed by atoms with Crippen molar-refractivity contribution in [3.63, 3.8) is 0 Å². The van der Waals surface area contributed by atoms with E-state index in [0.29, 0.717) is 24.4 Å². The topological polar surface area (TPSA) is 38.8 Å². The van der Waals surface area contributed by atoms with Crippen LogP contribution in [0, 0.1) is 0 Å². The average molecular weight is 410 g/mol. The number of rotatable bonds is 6. The maximum atomic E-state index is 13.1. The van der Waals surface area contributed by atoms with E-state index in [2.05, 4.69) is 22.0 Å². The quantitative estimate of drug-likeness (QED) is 0.711. The predicted octanol–water partition coefficient (Wildman–Crippen LogP) is 4.34. The van der Waals surface area contributed by atoms with Gasteiger partial charge in [0.05, 0.1) is 25.3 Å². The predicted molar refractivity (Wildman–Crippen MR) is 98.7 cm³/mol. The van der Waals surface area contributed by atoms with Gasteiger partial charge in [-0.2, -0.15) is 0 Å². The van der Waals surface area contributed by atoms with Gasteiger partial charge in [-0.05, 0) is 58.4 Å². The zero-order chi connectivity index (χ0) is 16.9. The first kappa shape index (κ1) is 17.5. The van der Waals surface area contributed by atoms with E-state index in [1.807, 2.05) is 28.5 Å². The van der Waals surface area contributed by atoms with Crippen molar-refractivity contribution in [1.82, 2.24) is 4.90 Å². The van der Waals surface area contributed by atoms with Gasteiger partial charge >= 0.3 is 0 Å². The molecule has 24 heavy (non-hydrogen) atoms. The van der Waals surface area contributed by atoms with Crippen molar-refractivity contribution in [3.8, 4) is 5.75 Å². The van der Waals surface area contributed by atoms with Gasteiger partial charge in [-0.25, -0.2) is 0 Å². The van der Waals surface area contributed by atoms with E-state index < -0.39 is 0 Å². The Morgan fingerprint density at radius 1 is 1.46 bits per heavy atom. The molecule has 0 spiro atoms. The van der Waals surface area contributed by atoms with Gasteiger partial charge in [0.1, 0.15) is 5.75 Å². The van der Waals surface area contributed by atoms with Gasteiger partial charge in [0.25, 0.3) is 5.91 Å². The van der Waals surface area contributed by atoms with Gasteiger partial charge < -0.3 is 14.4 Å². The standard InChI is InChI=1S/C18H20BrNO3S/c1-22-13-6-7-17(19)16(10-13)18(21)20(11-14-4-2-8-23-14)12-15-5-3-9-24-15/h3,5-7,9-10,14H,2,4,8,11-12H2,1H3.